The summed E-state index contributed by atoms with van der Waals surface area (Å²) in [7, 11) is 0. The van der Waals surface area contributed by atoms with Gasteiger partial charge in [0.1, 0.15) is 5.49 Å². The fourth-order valence-corrected chi connectivity index (χ4v) is 0.643. The van der Waals surface area contributed by atoms with Gasteiger partial charge in [-0.15, -0.1) is 0 Å². The zero-order valence-electron chi connectivity index (χ0n) is 5.78. The predicted molar refractivity (Wildman–Crippen MR) is 39.1 cm³/mol. The van der Waals surface area contributed by atoms with Gasteiger partial charge in [-0.1, -0.05) is 6.08 Å². The maximum absolute atomic E-state index is 7.32. The van der Waals surface area contributed by atoms with Crippen molar-refractivity contribution >= 4 is 6.20 Å². The average Bonchev–Trinajstić information content (AvgIpc) is 1.94. The minimum atomic E-state index is 0.389. The summed E-state index contributed by atoms with van der Waals surface area (Å²) in [6.45, 7) is 1.89. The maximum atomic E-state index is 7.32. The fraction of sp³-hybridized carbons (Fsp3) is 0.143. The van der Waals surface area contributed by atoms with E-state index in [1.165, 1.54) is 4.68 Å². The molecule has 10 heavy (non-hydrogen) atoms. The van der Waals surface area contributed by atoms with Crippen molar-refractivity contribution in [2.24, 2.45) is 0 Å². The molecule has 0 saturated carbocycles. The Morgan fingerprint density at radius 2 is 2.50 bits per heavy atom. The van der Waals surface area contributed by atoms with Gasteiger partial charge >= 0.3 is 0 Å². The summed E-state index contributed by atoms with van der Waals surface area (Å²) < 4.78 is 1.50. The summed E-state index contributed by atoms with van der Waals surface area (Å²) >= 11 is 0. The van der Waals surface area contributed by atoms with E-state index in [0.29, 0.717) is 5.49 Å². The number of aromatic nitrogens is 2. The summed E-state index contributed by atoms with van der Waals surface area (Å²) in [5, 5.41) is 11.2. The number of nitrogens with zero attached hydrogens (tertiary/aromatic N) is 2. The molecule has 1 N–H and O–H groups in total. The largest absolute Gasteiger partial charge is 0.283 e. The second-order valence-corrected chi connectivity index (χ2v) is 1.84. The van der Waals surface area contributed by atoms with Gasteiger partial charge in [0.2, 0.25) is 0 Å². The molecule has 1 rings (SSSR count). The molecule has 0 spiro atoms. The molecule has 52 valence electrons. The van der Waals surface area contributed by atoms with Gasteiger partial charge in [-0.2, -0.15) is 5.10 Å². The van der Waals surface area contributed by atoms with E-state index in [1.54, 1.807) is 24.5 Å². The molecular weight excluding hydrogens is 126 g/mol. The molecule has 0 unspecified atom stereocenters. The van der Waals surface area contributed by atoms with Crippen molar-refractivity contribution in [3.05, 3.63) is 29.9 Å². The van der Waals surface area contributed by atoms with Gasteiger partial charge in [-0.25, -0.2) is 4.68 Å². The summed E-state index contributed by atoms with van der Waals surface area (Å²) in [5.74, 6) is 0. The van der Waals surface area contributed by atoms with Gasteiger partial charge in [0.15, 0.2) is 0 Å². The summed E-state index contributed by atoms with van der Waals surface area (Å²) in [6.07, 6.45) is 5.23. The number of allylic oxidation sites excluding steroid dienone is 1. The third-order valence-electron chi connectivity index (χ3n) is 1.07. The van der Waals surface area contributed by atoms with Crippen molar-refractivity contribution < 1.29 is 0 Å². The van der Waals surface area contributed by atoms with Gasteiger partial charge in [-0.3, -0.25) is 5.41 Å². The molecule has 0 aliphatic rings. The van der Waals surface area contributed by atoms with Crippen molar-refractivity contribution in [3.63, 3.8) is 0 Å². The number of hydrogen-bond acceptors (Lipinski definition) is 2. The molecule has 0 aliphatic carbocycles. The van der Waals surface area contributed by atoms with Crippen molar-refractivity contribution in [2.45, 2.75) is 6.92 Å². The van der Waals surface area contributed by atoms with Crippen molar-refractivity contribution in [1.82, 2.24) is 9.78 Å². The molecule has 0 fully saturated rings. The Balaban J connectivity index is 3.16. The van der Waals surface area contributed by atoms with Crippen LogP contribution in [0.25, 0.3) is 6.20 Å². The van der Waals surface area contributed by atoms with Crippen LogP contribution in [-0.2, 0) is 0 Å². The van der Waals surface area contributed by atoms with Crippen LogP contribution in [0.1, 0.15) is 6.92 Å². The van der Waals surface area contributed by atoms with Gasteiger partial charge < -0.3 is 0 Å². The van der Waals surface area contributed by atoms with Crippen molar-refractivity contribution in [1.29, 1.82) is 5.41 Å². The Morgan fingerprint density at radius 3 is 3.10 bits per heavy atom. The van der Waals surface area contributed by atoms with E-state index in [0.717, 1.165) is 0 Å². The van der Waals surface area contributed by atoms with Crippen LogP contribution in [0.15, 0.2) is 24.4 Å². The standard InChI is InChI=1S/C7H9N3/c1-2-6-10-7(8)4-3-5-9-10/h2-6,8H,1H3. The molecule has 0 radical (unpaired) electrons. The molecule has 3 nitrogen and oxygen atoms in total. The number of rotatable bonds is 1. The molecule has 1 aromatic heterocycles. The van der Waals surface area contributed by atoms with E-state index in [-0.39, 0.29) is 0 Å². The Morgan fingerprint density at radius 1 is 1.70 bits per heavy atom. The van der Waals surface area contributed by atoms with E-state index in [1.807, 2.05) is 13.0 Å². The van der Waals surface area contributed by atoms with Crippen LogP contribution in [0.2, 0.25) is 0 Å². The first-order valence-electron chi connectivity index (χ1n) is 3.06. The molecule has 0 bridgehead atoms. The molecule has 0 atom stereocenters. The first-order chi connectivity index (χ1) is 4.84. The third kappa shape index (κ3) is 1.31. The Hall–Kier alpha value is -1.38. The van der Waals surface area contributed by atoms with E-state index in [2.05, 4.69) is 5.10 Å². The molecule has 0 aliphatic heterocycles. The van der Waals surface area contributed by atoms with Crippen molar-refractivity contribution in [2.75, 3.05) is 0 Å². The third-order valence-corrected chi connectivity index (χ3v) is 1.07. The molecule has 0 saturated heterocycles. The summed E-state index contributed by atoms with van der Waals surface area (Å²) in [4.78, 5) is 0. The van der Waals surface area contributed by atoms with Crippen molar-refractivity contribution in [3.8, 4) is 0 Å². The van der Waals surface area contributed by atoms with Crippen LogP contribution < -0.4 is 5.49 Å². The zero-order chi connectivity index (χ0) is 7.40. The van der Waals surface area contributed by atoms with Crippen LogP contribution in [0.5, 0.6) is 0 Å². The zero-order valence-corrected chi connectivity index (χ0v) is 5.78. The van der Waals surface area contributed by atoms with Crippen LogP contribution in [0.4, 0.5) is 0 Å². The Bertz CT molecular complexity index is 285. The maximum Gasteiger partial charge on any atom is 0.145 e. The molecular formula is C7H9N3. The SMILES string of the molecule is CC=Cn1ncccc1=N. The smallest absolute Gasteiger partial charge is 0.145 e. The topological polar surface area (TPSA) is 41.7 Å². The predicted octanol–water partition coefficient (Wildman–Crippen LogP) is 0.853. The molecule has 0 aromatic carbocycles. The van der Waals surface area contributed by atoms with E-state index >= 15 is 0 Å². The highest BCUT2D eigenvalue weighted by molar-refractivity contribution is 5.17. The number of hydrogen-bond donors (Lipinski definition) is 1. The molecule has 1 heterocycles. The highest BCUT2D eigenvalue weighted by atomic mass is 15.3. The van der Waals surface area contributed by atoms with Crippen LogP contribution in [0, 0.1) is 5.41 Å². The summed E-state index contributed by atoms with van der Waals surface area (Å²) in [6, 6.07) is 3.43. The average molecular weight is 135 g/mol. The van der Waals surface area contributed by atoms with E-state index in [9.17, 15) is 0 Å². The van der Waals surface area contributed by atoms with E-state index in [4.69, 9.17) is 5.41 Å². The first-order valence-corrected chi connectivity index (χ1v) is 3.06. The van der Waals surface area contributed by atoms with Gasteiger partial charge in [0.05, 0.1) is 0 Å². The van der Waals surface area contributed by atoms with Crippen LogP contribution in [-0.4, -0.2) is 9.78 Å². The van der Waals surface area contributed by atoms with E-state index < -0.39 is 0 Å². The minimum absolute atomic E-state index is 0.389. The molecule has 3 heteroatoms. The van der Waals surface area contributed by atoms with Gasteiger partial charge in [-0.05, 0) is 19.1 Å². The molecule has 1 aromatic rings. The normalized spacial score (nSPS) is 10.5. The van der Waals surface area contributed by atoms with Crippen LogP contribution in [0.3, 0.4) is 0 Å². The molecule has 0 amide bonds. The first kappa shape index (κ1) is 6.74. The second-order valence-electron chi connectivity index (χ2n) is 1.84. The Labute approximate surface area is 59.1 Å². The quantitative estimate of drug-likeness (QED) is 0.609. The highest BCUT2D eigenvalue weighted by Crippen LogP contribution is 1.76. The lowest BCUT2D eigenvalue weighted by Gasteiger charge is -1.93. The fourth-order valence-electron chi connectivity index (χ4n) is 0.643. The highest BCUT2D eigenvalue weighted by Gasteiger charge is 1.81. The number of nitrogens with one attached hydrogen (secondary N) is 1. The monoisotopic (exact) mass is 135 g/mol. The summed E-state index contributed by atoms with van der Waals surface area (Å²) in [5.41, 5.74) is 0.389. The lowest BCUT2D eigenvalue weighted by Crippen LogP contribution is -2.15. The Kier molecular flexibility index (Phi) is 1.99. The van der Waals surface area contributed by atoms with Gasteiger partial charge in [0.25, 0.3) is 0 Å². The lowest BCUT2D eigenvalue weighted by molar-refractivity contribution is 0.813. The lowest BCUT2D eigenvalue weighted by atomic mass is 10.5. The minimum Gasteiger partial charge on any atom is -0.283 e. The second kappa shape index (κ2) is 2.96. The van der Waals surface area contributed by atoms with Gasteiger partial charge in [0, 0.05) is 12.4 Å². The van der Waals surface area contributed by atoms with Crippen LogP contribution >= 0.6 is 0 Å².